The predicted molar refractivity (Wildman–Crippen MR) is 66.8 cm³/mol. The van der Waals surface area contributed by atoms with Crippen molar-refractivity contribution in [1.82, 2.24) is 0 Å². The van der Waals surface area contributed by atoms with E-state index in [1.165, 1.54) is 30.0 Å². The van der Waals surface area contributed by atoms with Crippen LogP contribution in [0.3, 0.4) is 0 Å². The summed E-state index contributed by atoms with van der Waals surface area (Å²) in [4.78, 5) is 12.2. The molecule has 0 unspecified atom stereocenters. The molecule has 0 fully saturated rings. The summed E-state index contributed by atoms with van der Waals surface area (Å²) < 4.78 is 37.1. The fourth-order valence-electron chi connectivity index (χ4n) is 1.33. The maximum atomic E-state index is 12.4. The number of benzene rings is 1. The third-order valence-electron chi connectivity index (χ3n) is 2.20. The van der Waals surface area contributed by atoms with Crippen molar-refractivity contribution in [3.63, 3.8) is 0 Å². The van der Waals surface area contributed by atoms with Crippen molar-refractivity contribution in [2.75, 3.05) is 0 Å². The van der Waals surface area contributed by atoms with E-state index in [9.17, 15) is 18.0 Å². The molecule has 0 saturated carbocycles. The van der Waals surface area contributed by atoms with Crippen LogP contribution in [0.2, 0.25) is 0 Å². The Bertz CT molecular complexity index is 588. The van der Waals surface area contributed by atoms with Gasteiger partial charge in [-0.1, -0.05) is 11.8 Å². The zero-order chi connectivity index (χ0) is 14.0. The van der Waals surface area contributed by atoms with E-state index < -0.39 is 17.7 Å². The molecule has 1 N–H and O–H groups in total. The Hall–Kier alpha value is -1.47. The van der Waals surface area contributed by atoms with Crippen LogP contribution in [0.25, 0.3) is 0 Å². The molecule has 0 spiro atoms. The minimum absolute atomic E-state index is 0.203. The van der Waals surface area contributed by atoms with Crippen LogP contribution < -0.4 is 0 Å². The van der Waals surface area contributed by atoms with E-state index in [2.05, 4.69) is 0 Å². The van der Waals surface area contributed by atoms with Gasteiger partial charge >= 0.3 is 12.1 Å². The van der Waals surface area contributed by atoms with Crippen LogP contribution in [0.15, 0.2) is 45.5 Å². The number of carbonyl (C=O) groups is 1. The highest BCUT2D eigenvalue weighted by Crippen LogP contribution is 2.34. The standard InChI is InChI=1S/C12H7F3O2S2/c13-12(14,15)7-1-3-8(4-2-7)19-9-5-10(11(16)17)18-6-9/h1-6H,(H,16,17). The molecule has 0 aliphatic heterocycles. The molecule has 1 heterocycles. The average Bonchev–Trinajstić information content (AvgIpc) is 2.77. The molecular formula is C12H7F3O2S2. The van der Waals surface area contributed by atoms with Crippen LogP contribution in [0.5, 0.6) is 0 Å². The molecule has 0 aliphatic rings. The molecule has 2 rings (SSSR count). The van der Waals surface area contributed by atoms with E-state index in [-0.39, 0.29) is 4.88 Å². The topological polar surface area (TPSA) is 37.3 Å². The number of carboxylic acid groups (broad SMARTS) is 1. The Morgan fingerprint density at radius 3 is 2.26 bits per heavy atom. The molecule has 0 saturated heterocycles. The lowest BCUT2D eigenvalue weighted by molar-refractivity contribution is -0.137. The van der Waals surface area contributed by atoms with Gasteiger partial charge in [0.05, 0.1) is 5.56 Å². The number of alkyl halides is 3. The lowest BCUT2D eigenvalue weighted by atomic mass is 10.2. The fraction of sp³-hybridized carbons (Fsp3) is 0.0833. The van der Waals surface area contributed by atoms with Gasteiger partial charge in [0.15, 0.2) is 0 Å². The van der Waals surface area contributed by atoms with Gasteiger partial charge in [0.2, 0.25) is 0 Å². The van der Waals surface area contributed by atoms with Crippen molar-refractivity contribution < 1.29 is 23.1 Å². The van der Waals surface area contributed by atoms with Crippen molar-refractivity contribution in [2.24, 2.45) is 0 Å². The highest BCUT2D eigenvalue weighted by atomic mass is 32.2. The SMILES string of the molecule is O=C(O)c1cc(Sc2ccc(C(F)(F)F)cc2)cs1. The Morgan fingerprint density at radius 1 is 1.16 bits per heavy atom. The van der Waals surface area contributed by atoms with E-state index in [1.807, 2.05) is 0 Å². The molecular weight excluding hydrogens is 297 g/mol. The number of rotatable bonds is 3. The van der Waals surface area contributed by atoms with Crippen LogP contribution in [0.4, 0.5) is 13.2 Å². The first-order chi connectivity index (χ1) is 8.86. The smallest absolute Gasteiger partial charge is 0.416 e. The molecule has 1 aromatic carbocycles. The Kier molecular flexibility index (Phi) is 3.86. The quantitative estimate of drug-likeness (QED) is 0.899. The second-order valence-corrected chi connectivity index (χ2v) is 5.63. The van der Waals surface area contributed by atoms with Gasteiger partial charge in [0, 0.05) is 15.2 Å². The van der Waals surface area contributed by atoms with Crippen LogP contribution in [-0.2, 0) is 6.18 Å². The van der Waals surface area contributed by atoms with Crippen molar-refractivity contribution in [3.05, 3.63) is 46.2 Å². The second kappa shape index (κ2) is 5.26. The summed E-state index contributed by atoms with van der Waals surface area (Å²) in [5.41, 5.74) is -0.701. The van der Waals surface area contributed by atoms with E-state index in [0.29, 0.717) is 9.79 Å². The van der Waals surface area contributed by atoms with Crippen LogP contribution >= 0.6 is 23.1 Å². The summed E-state index contributed by atoms with van der Waals surface area (Å²) in [6.45, 7) is 0. The Balaban J connectivity index is 2.13. The first-order valence-electron chi connectivity index (χ1n) is 5.03. The van der Waals surface area contributed by atoms with Crippen molar-refractivity contribution >= 4 is 29.1 Å². The summed E-state index contributed by atoms with van der Waals surface area (Å²) in [5, 5.41) is 10.4. The van der Waals surface area contributed by atoms with Gasteiger partial charge in [-0.25, -0.2) is 4.79 Å². The normalized spacial score (nSPS) is 11.5. The Labute approximate surface area is 114 Å². The number of thiophene rings is 1. The van der Waals surface area contributed by atoms with Crippen LogP contribution in [0.1, 0.15) is 15.2 Å². The van der Waals surface area contributed by atoms with E-state index in [0.717, 1.165) is 23.5 Å². The van der Waals surface area contributed by atoms with E-state index >= 15 is 0 Å². The molecule has 0 bridgehead atoms. The van der Waals surface area contributed by atoms with Gasteiger partial charge in [0.25, 0.3) is 0 Å². The monoisotopic (exact) mass is 304 g/mol. The average molecular weight is 304 g/mol. The van der Waals surface area contributed by atoms with Gasteiger partial charge in [-0.15, -0.1) is 11.3 Å². The molecule has 2 nitrogen and oxygen atoms in total. The minimum Gasteiger partial charge on any atom is -0.477 e. The van der Waals surface area contributed by atoms with Gasteiger partial charge in [-0.3, -0.25) is 0 Å². The lowest BCUT2D eigenvalue weighted by Gasteiger charge is -2.06. The lowest BCUT2D eigenvalue weighted by Crippen LogP contribution is -2.03. The number of hydrogen-bond donors (Lipinski definition) is 1. The van der Waals surface area contributed by atoms with Gasteiger partial charge in [0.1, 0.15) is 4.88 Å². The van der Waals surface area contributed by atoms with E-state index in [1.54, 1.807) is 5.38 Å². The van der Waals surface area contributed by atoms with Crippen LogP contribution in [-0.4, -0.2) is 11.1 Å². The summed E-state index contributed by atoms with van der Waals surface area (Å²) in [5.74, 6) is -1.01. The maximum Gasteiger partial charge on any atom is 0.416 e. The minimum atomic E-state index is -4.35. The molecule has 0 atom stereocenters. The molecule has 7 heteroatoms. The molecule has 19 heavy (non-hydrogen) atoms. The van der Waals surface area contributed by atoms with Gasteiger partial charge < -0.3 is 5.11 Å². The highest BCUT2D eigenvalue weighted by molar-refractivity contribution is 7.99. The molecule has 0 radical (unpaired) electrons. The number of carboxylic acids is 1. The van der Waals surface area contributed by atoms with Gasteiger partial charge in [-0.05, 0) is 30.3 Å². The largest absolute Gasteiger partial charge is 0.477 e. The molecule has 0 amide bonds. The number of aromatic carboxylic acids is 1. The zero-order valence-corrected chi connectivity index (χ0v) is 10.9. The first kappa shape index (κ1) is 14.0. The number of hydrogen-bond acceptors (Lipinski definition) is 3. The van der Waals surface area contributed by atoms with Gasteiger partial charge in [-0.2, -0.15) is 13.2 Å². The van der Waals surface area contributed by atoms with Crippen LogP contribution in [0, 0.1) is 0 Å². The third kappa shape index (κ3) is 3.51. The summed E-state index contributed by atoms with van der Waals surface area (Å²) in [6.07, 6.45) is -4.35. The number of halogens is 3. The maximum absolute atomic E-state index is 12.4. The van der Waals surface area contributed by atoms with Crippen molar-refractivity contribution in [3.8, 4) is 0 Å². The zero-order valence-electron chi connectivity index (χ0n) is 9.27. The van der Waals surface area contributed by atoms with E-state index in [4.69, 9.17) is 5.11 Å². The molecule has 0 aliphatic carbocycles. The fourth-order valence-corrected chi connectivity index (χ4v) is 3.07. The highest BCUT2D eigenvalue weighted by Gasteiger charge is 2.29. The van der Waals surface area contributed by atoms with Crippen molar-refractivity contribution in [2.45, 2.75) is 16.0 Å². The molecule has 100 valence electrons. The third-order valence-corrected chi connectivity index (χ3v) is 4.25. The first-order valence-corrected chi connectivity index (χ1v) is 6.73. The molecule has 1 aromatic heterocycles. The Morgan fingerprint density at radius 2 is 1.79 bits per heavy atom. The molecule has 2 aromatic rings. The predicted octanol–water partition coefficient (Wildman–Crippen LogP) is 4.62. The summed E-state index contributed by atoms with van der Waals surface area (Å²) >= 11 is 2.31. The summed E-state index contributed by atoms with van der Waals surface area (Å²) in [6, 6.07) is 6.24. The second-order valence-electron chi connectivity index (χ2n) is 3.58. The van der Waals surface area contributed by atoms with Crippen molar-refractivity contribution in [1.29, 1.82) is 0 Å². The summed E-state index contributed by atoms with van der Waals surface area (Å²) in [7, 11) is 0.